The number of hydrogen-bond acceptors (Lipinski definition) is 4. The Morgan fingerprint density at radius 1 is 1.11 bits per heavy atom. The van der Waals surface area contributed by atoms with Gasteiger partial charge in [-0.3, -0.25) is 0 Å². The second-order valence-corrected chi connectivity index (χ2v) is 4.34. The van der Waals surface area contributed by atoms with E-state index >= 15 is 0 Å². The van der Waals surface area contributed by atoms with Crippen LogP contribution in [0.4, 0.5) is 5.82 Å². The lowest BCUT2D eigenvalue weighted by Crippen LogP contribution is -2.08. The fourth-order valence-corrected chi connectivity index (χ4v) is 1.86. The van der Waals surface area contributed by atoms with Crippen molar-refractivity contribution in [3.05, 3.63) is 59.8 Å². The number of hydrogen-bond donors (Lipinski definition) is 2. The standard InChI is InChI=1S/C15H19N3O/c16-18-15-11-14(8-9-17-15)12-19-10-4-7-13-5-2-1-3-6-13/h1-3,5-6,8-9,11H,4,7,10,12,16H2,(H,17,18). The molecule has 0 amide bonds. The van der Waals surface area contributed by atoms with E-state index in [1.807, 2.05) is 18.2 Å². The van der Waals surface area contributed by atoms with Gasteiger partial charge < -0.3 is 10.2 Å². The van der Waals surface area contributed by atoms with Gasteiger partial charge in [-0.2, -0.15) is 0 Å². The van der Waals surface area contributed by atoms with Crippen LogP contribution in [0.15, 0.2) is 48.7 Å². The van der Waals surface area contributed by atoms with Crippen molar-refractivity contribution in [1.82, 2.24) is 4.98 Å². The number of benzene rings is 1. The minimum atomic E-state index is 0.589. The number of ether oxygens (including phenoxy) is 1. The maximum absolute atomic E-state index is 5.64. The molecule has 0 radical (unpaired) electrons. The van der Waals surface area contributed by atoms with Gasteiger partial charge in [0, 0.05) is 12.8 Å². The summed E-state index contributed by atoms with van der Waals surface area (Å²) in [5.41, 5.74) is 4.95. The monoisotopic (exact) mass is 257 g/mol. The largest absolute Gasteiger partial charge is 0.377 e. The van der Waals surface area contributed by atoms with Gasteiger partial charge in [0.05, 0.1) is 6.61 Å². The Morgan fingerprint density at radius 2 is 1.95 bits per heavy atom. The molecule has 4 heteroatoms. The first-order valence-corrected chi connectivity index (χ1v) is 6.41. The number of hydrazine groups is 1. The third-order valence-corrected chi connectivity index (χ3v) is 2.84. The first-order chi connectivity index (χ1) is 9.38. The highest BCUT2D eigenvalue weighted by Gasteiger charge is 1.97. The second kappa shape index (κ2) is 7.51. The smallest absolute Gasteiger partial charge is 0.140 e. The predicted molar refractivity (Wildman–Crippen MR) is 76.5 cm³/mol. The molecule has 2 rings (SSSR count). The van der Waals surface area contributed by atoms with Gasteiger partial charge in [0.15, 0.2) is 0 Å². The Balaban J connectivity index is 1.66. The summed E-state index contributed by atoms with van der Waals surface area (Å²) in [6.07, 6.45) is 3.79. The van der Waals surface area contributed by atoms with Crippen LogP contribution in [0.2, 0.25) is 0 Å². The van der Waals surface area contributed by atoms with Gasteiger partial charge in [-0.25, -0.2) is 10.8 Å². The molecule has 0 bridgehead atoms. The number of pyridine rings is 1. The van der Waals surface area contributed by atoms with E-state index in [2.05, 4.69) is 34.7 Å². The van der Waals surface area contributed by atoms with Gasteiger partial charge in [0.2, 0.25) is 0 Å². The van der Waals surface area contributed by atoms with Gasteiger partial charge in [-0.05, 0) is 36.1 Å². The van der Waals surface area contributed by atoms with E-state index in [0.29, 0.717) is 12.4 Å². The number of aromatic nitrogens is 1. The molecule has 1 aromatic heterocycles. The minimum Gasteiger partial charge on any atom is -0.377 e. The third-order valence-electron chi connectivity index (χ3n) is 2.84. The lowest BCUT2D eigenvalue weighted by atomic mass is 10.1. The fourth-order valence-electron chi connectivity index (χ4n) is 1.86. The summed E-state index contributed by atoms with van der Waals surface area (Å²) in [4.78, 5) is 4.05. The maximum Gasteiger partial charge on any atom is 0.140 e. The first kappa shape index (κ1) is 13.5. The molecule has 1 heterocycles. The number of aryl methyl sites for hydroxylation is 1. The van der Waals surface area contributed by atoms with Crippen molar-refractivity contribution < 1.29 is 4.74 Å². The van der Waals surface area contributed by atoms with Crippen molar-refractivity contribution in [3.63, 3.8) is 0 Å². The molecular weight excluding hydrogens is 238 g/mol. The molecule has 0 aliphatic rings. The van der Waals surface area contributed by atoms with Crippen molar-refractivity contribution in [2.45, 2.75) is 19.4 Å². The number of anilines is 1. The van der Waals surface area contributed by atoms with Crippen molar-refractivity contribution in [1.29, 1.82) is 0 Å². The molecule has 4 nitrogen and oxygen atoms in total. The quantitative estimate of drug-likeness (QED) is 0.454. The SMILES string of the molecule is NNc1cc(COCCCc2ccccc2)ccn1. The van der Waals surface area contributed by atoms with E-state index in [9.17, 15) is 0 Å². The van der Waals surface area contributed by atoms with Crippen molar-refractivity contribution >= 4 is 5.82 Å². The van der Waals surface area contributed by atoms with Crippen LogP contribution in [0.3, 0.4) is 0 Å². The van der Waals surface area contributed by atoms with Crippen LogP contribution in [-0.2, 0) is 17.8 Å². The number of nitrogens with two attached hydrogens (primary N) is 1. The highest BCUT2D eigenvalue weighted by atomic mass is 16.5. The van der Waals surface area contributed by atoms with Crippen LogP contribution < -0.4 is 11.3 Å². The molecule has 3 N–H and O–H groups in total. The molecule has 100 valence electrons. The Kier molecular flexibility index (Phi) is 5.34. The molecule has 19 heavy (non-hydrogen) atoms. The molecule has 0 fully saturated rings. The number of nitrogens with one attached hydrogen (secondary N) is 1. The van der Waals surface area contributed by atoms with Gasteiger partial charge in [0.25, 0.3) is 0 Å². The summed E-state index contributed by atoms with van der Waals surface area (Å²) in [5.74, 6) is 5.96. The summed E-state index contributed by atoms with van der Waals surface area (Å²) in [6, 6.07) is 14.3. The van der Waals surface area contributed by atoms with E-state index in [1.165, 1.54) is 5.56 Å². The van der Waals surface area contributed by atoms with Crippen molar-refractivity contribution in [3.8, 4) is 0 Å². The Bertz CT molecular complexity index is 488. The van der Waals surface area contributed by atoms with E-state index in [1.54, 1.807) is 6.20 Å². The zero-order valence-electron chi connectivity index (χ0n) is 10.9. The lowest BCUT2D eigenvalue weighted by Gasteiger charge is -2.06. The first-order valence-electron chi connectivity index (χ1n) is 6.41. The fraction of sp³-hybridized carbons (Fsp3) is 0.267. The Labute approximate surface area is 113 Å². The van der Waals surface area contributed by atoms with Gasteiger partial charge >= 0.3 is 0 Å². The van der Waals surface area contributed by atoms with E-state index in [-0.39, 0.29) is 0 Å². The summed E-state index contributed by atoms with van der Waals surface area (Å²) in [6.45, 7) is 1.34. The minimum absolute atomic E-state index is 0.589. The van der Waals surface area contributed by atoms with Crippen LogP contribution in [-0.4, -0.2) is 11.6 Å². The molecule has 0 spiro atoms. The van der Waals surface area contributed by atoms with E-state index in [0.717, 1.165) is 25.0 Å². The summed E-state index contributed by atoms with van der Waals surface area (Å²) in [5, 5.41) is 0. The highest BCUT2D eigenvalue weighted by Crippen LogP contribution is 2.07. The lowest BCUT2D eigenvalue weighted by molar-refractivity contribution is 0.118. The summed E-state index contributed by atoms with van der Waals surface area (Å²) < 4.78 is 5.64. The molecule has 0 saturated heterocycles. The molecular formula is C15H19N3O. The van der Waals surface area contributed by atoms with E-state index in [4.69, 9.17) is 10.6 Å². The predicted octanol–water partition coefficient (Wildman–Crippen LogP) is 2.52. The topological polar surface area (TPSA) is 60.2 Å². The second-order valence-electron chi connectivity index (χ2n) is 4.34. The maximum atomic E-state index is 5.64. The van der Waals surface area contributed by atoms with Crippen LogP contribution >= 0.6 is 0 Å². The molecule has 0 atom stereocenters. The zero-order valence-corrected chi connectivity index (χ0v) is 10.9. The van der Waals surface area contributed by atoms with Crippen molar-refractivity contribution in [2.75, 3.05) is 12.0 Å². The molecule has 0 aliphatic carbocycles. The van der Waals surface area contributed by atoms with Crippen LogP contribution in [0, 0.1) is 0 Å². The molecule has 1 aromatic carbocycles. The molecule has 0 aliphatic heterocycles. The molecule has 2 aromatic rings. The van der Waals surface area contributed by atoms with Crippen LogP contribution in [0.5, 0.6) is 0 Å². The van der Waals surface area contributed by atoms with Gasteiger partial charge in [-0.15, -0.1) is 0 Å². The molecule has 0 saturated carbocycles. The third kappa shape index (κ3) is 4.69. The summed E-state index contributed by atoms with van der Waals surface area (Å²) >= 11 is 0. The Morgan fingerprint density at radius 3 is 2.74 bits per heavy atom. The van der Waals surface area contributed by atoms with Crippen LogP contribution in [0.1, 0.15) is 17.5 Å². The zero-order chi connectivity index (χ0) is 13.3. The van der Waals surface area contributed by atoms with Crippen LogP contribution in [0.25, 0.3) is 0 Å². The highest BCUT2D eigenvalue weighted by molar-refractivity contribution is 5.35. The molecule has 0 unspecified atom stereocenters. The number of nitrogen functional groups attached to an aromatic ring is 1. The Hall–Kier alpha value is -1.91. The van der Waals surface area contributed by atoms with Gasteiger partial charge in [0.1, 0.15) is 5.82 Å². The normalized spacial score (nSPS) is 10.4. The van der Waals surface area contributed by atoms with Crippen molar-refractivity contribution in [2.24, 2.45) is 5.84 Å². The number of rotatable bonds is 7. The average Bonchev–Trinajstić information content (AvgIpc) is 2.48. The van der Waals surface area contributed by atoms with Gasteiger partial charge in [-0.1, -0.05) is 30.3 Å². The summed E-state index contributed by atoms with van der Waals surface area (Å²) in [7, 11) is 0. The average molecular weight is 257 g/mol. The number of nitrogens with zero attached hydrogens (tertiary/aromatic N) is 1. The van der Waals surface area contributed by atoms with E-state index < -0.39 is 0 Å².